The van der Waals surface area contributed by atoms with Gasteiger partial charge in [0.2, 0.25) is 0 Å². The minimum absolute atomic E-state index is 0.590. The molecule has 60 valence electrons. The van der Waals surface area contributed by atoms with E-state index in [1.54, 1.807) is 0 Å². The Kier molecular flexibility index (Phi) is 2.02. The van der Waals surface area contributed by atoms with Crippen LogP contribution in [0.1, 0.15) is 19.8 Å². The van der Waals surface area contributed by atoms with E-state index in [-0.39, 0.29) is 0 Å². The van der Waals surface area contributed by atoms with Crippen molar-refractivity contribution in [1.29, 1.82) is 0 Å². The molecule has 0 bridgehead atoms. The van der Waals surface area contributed by atoms with E-state index in [0.29, 0.717) is 6.17 Å². The first-order valence-electron chi connectivity index (χ1n) is 4.07. The fraction of sp³-hybridized carbons (Fsp3) is 1.00. The smallest absolute Gasteiger partial charge is 0.139 e. The van der Waals surface area contributed by atoms with Crippen LogP contribution in [0.5, 0.6) is 0 Å². The van der Waals surface area contributed by atoms with Crippen molar-refractivity contribution in [2.24, 2.45) is 0 Å². The van der Waals surface area contributed by atoms with Crippen LogP contribution in [0.4, 0.5) is 0 Å². The van der Waals surface area contributed by atoms with Crippen LogP contribution in [-0.4, -0.2) is 37.8 Å². The summed E-state index contributed by atoms with van der Waals surface area (Å²) < 4.78 is 1.01. The molecular weight excluding hydrogens is 124 g/mol. The van der Waals surface area contributed by atoms with E-state index in [2.05, 4.69) is 33.4 Å². The minimum atomic E-state index is 0.590. The van der Waals surface area contributed by atoms with Gasteiger partial charge < -0.3 is 4.48 Å². The molecule has 0 spiro atoms. The number of nitrogens with zero attached hydrogens (tertiary/aromatic N) is 1. The fourth-order valence-electron chi connectivity index (χ4n) is 0.815. The predicted octanol–water partition coefficient (Wildman–Crippen LogP) is 0.791. The van der Waals surface area contributed by atoms with Crippen LogP contribution in [0.15, 0.2) is 0 Å². The Labute approximate surface area is 63.8 Å². The van der Waals surface area contributed by atoms with Gasteiger partial charge in [0.25, 0.3) is 0 Å². The van der Waals surface area contributed by atoms with E-state index >= 15 is 0 Å². The molecule has 1 atom stereocenters. The quantitative estimate of drug-likeness (QED) is 0.455. The fourth-order valence-corrected chi connectivity index (χ4v) is 0.815. The molecule has 1 N–H and O–H groups in total. The first kappa shape index (κ1) is 8.02. The van der Waals surface area contributed by atoms with Crippen LogP contribution in [-0.2, 0) is 0 Å². The molecule has 0 aromatic heterocycles. The van der Waals surface area contributed by atoms with Gasteiger partial charge in [0, 0.05) is 13.0 Å². The lowest BCUT2D eigenvalue weighted by Gasteiger charge is -2.32. The number of hydrogen-bond donors (Lipinski definition) is 1. The summed E-state index contributed by atoms with van der Waals surface area (Å²) in [6.45, 7) is 2.25. The topological polar surface area (TPSA) is 12.0 Å². The summed E-state index contributed by atoms with van der Waals surface area (Å²) in [5.74, 6) is 0. The summed E-state index contributed by atoms with van der Waals surface area (Å²) in [7, 11) is 6.67. The monoisotopic (exact) mass is 143 g/mol. The summed E-state index contributed by atoms with van der Waals surface area (Å²) in [4.78, 5) is 0. The van der Waals surface area contributed by atoms with Crippen LogP contribution in [0, 0.1) is 0 Å². The molecule has 1 unspecified atom stereocenters. The molecule has 0 radical (unpaired) electrons. The Hall–Kier alpha value is -0.0800. The van der Waals surface area contributed by atoms with E-state index in [1.807, 2.05) is 0 Å². The van der Waals surface area contributed by atoms with Crippen LogP contribution >= 0.6 is 0 Å². The zero-order valence-electron chi connectivity index (χ0n) is 7.52. The third-order valence-corrected chi connectivity index (χ3v) is 2.22. The lowest BCUT2D eigenvalue weighted by molar-refractivity contribution is -0.897. The molecule has 1 aliphatic rings. The van der Waals surface area contributed by atoms with E-state index in [0.717, 1.165) is 10.5 Å². The van der Waals surface area contributed by atoms with Gasteiger partial charge in [-0.1, -0.05) is 0 Å². The second-order valence-corrected chi connectivity index (χ2v) is 4.23. The van der Waals surface area contributed by atoms with Gasteiger partial charge in [0.05, 0.1) is 21.1 Å². The standard InChI is InChI=1S/C8H19N2/c1-7(10(2,3)4)9-8-5-6-8/h7-9H,5-6H2,1-4H3/q+1. The maximum Gasteiger partial charge on any atom is 0.139 e. The second-order valence-electron chi connectivity index (χ2n) is 4.23. The van der Waals surface area contributed by atoms with Gasteiger partial charge in [-0.15, -0.1) is 0 Å². The van der Waals surface area contributed by atoms with Crippen LogP contribution in [0.3, 0.4) is 0 Å². The minimum Gasteiger partial charge on any atom is -0.316 e. The first-order chi connectivity index (χ1) is 4.50. The summed E-state index contributed by atoms with van der Waals surface area (Å²) in [5, 5.41) is 3.57. The van der Waals surface area contributed by atoms with Gasteiger partial charge in [-0.2, -0.15) is 0 Å². The third kappa shape index (κ3) is 2.27. The van der Waals surface area contributed by atoms with E-state index in [9.17, 15) is 0 Å². The molecule has 1 aliphatic carbocycles. The number of quaternary nitrogens is 1. The number of rotatable bonds is 3. The van der Waals surface area contributed by atoms with Crippen molar-refractivity contribution in [2.45, 2.75) is 32.0 Å². The van der Waals surface area contributed by atoms with E-state index in [4.69, 9.17) is 0 Å². The Morgan fingerprint density at radius 3 is 2.10 bits per heavy atom. The molecule has 0 amide bonds. The Balaban J connectivity index is 2.25. The van der Waals surface area contributed by atoms with Crippen molar-refractivity contribution in [3.8, 4) is 0 Å². The van der Waals surface area contributed by atoms with E-state index in [1.165, 1.54) is 12.8 Å². The molecule has 2 heteroatoms. The Bertz CT molecular complexity index is 111. The Morgan fingerprint density at radius 2 is 1.80 bits per heavy atom. The molecule has 2 nitrogen and oxygen atoms in total. The van der Waals surface area contributed by atoms with Crippen molar-refractivity contribution in [3.05, 3.63) is 0 Å². The van der Waals surface area contributed by atoms with Crippen molar-refractivity contribution in [2.75, 3.05) is 21.1 Å². The maximum atomic E-state index is 3.57. The lowest BCUT2D eigenvalue weighted by Crippen LogP contribution is -2.52. The lowest BCUT2D eigenvalue weighted by atomic mass is 10.4. The summed E-state index contributed by atoms with van der Waals surface area (Å²) in [6, 6.07) is 0.826. The summed E-state index contributed by atoms with van der Waals surface area (Å²) in [6.07, 6.45) is 3.35. The maximum absolute atomic E-state index is 3.57. The number of nitrogens with one attached hydrogen (secondary N) is 1. The molecule has 1 saturated carbocycles. The highest BCUT2D eigenvalue weighted by Gasteiger charge is 2.27. The van der Waals surface area contributed by atoms with Crippen LogP contribution in [0.2, 0.25) is 0 Å². The first-order valence-corrected chi connectivity index (χ1v) is 4.07. The number of hydrogen-bond acceptors (Lipinski definition) is 1. The highest BCUT2D eigenvalue weighted by molar-refractivity contribution is 4.81. The average molecular weight is 143 g/mol. The molecule has 0 saturated heterocycles. The van der Waals surface area contributed by atoms with Gasteiger partial charge in [-0.25, -0.2) is 0 Å². The van der Waals surface area contributed by atoms with Gasteiger partial charge in [0.15, 0.2) is 0 Å². The van der Waals surface area contributed by atoms with Crippen LogP contribution < -0.4 is 5.32 Å². The summed E-state index contributed by atoms with van der Waals surface area (Å²) >= 11 is 0. The van der Waals surface area contributed by atoms with Crippen molar-refractivity contribution in [3.63, 3.8) is 0 Å². The van der Waals surface area contributed by atoms with Gasteiger partial charge in [-0.3, -0.25) is 5.32 Å². The molecule has 0 aromatic carbocycles. The zero-order valence-corrected chi connectivity index (χ0v) is 7.52. The highest BCUT2D eigenvalue weighted by atomic mass is 15.4. The largest absolute Gasteiger partial charge is 0.316 e. The van der Waals surface area contributed by atoms with Gasteiger partial charge in [-0.05, 0) is 12.8 Å². The molecular formula is C8H19N2+. The Morgan fingerprint density at radius 1 is 1.30 bits per heavy atom. The SMILES string of the molecule is CC(NC1CC1)[N+](C)(C)C. The molecule has 1 rings (SSSR count). The second kappa shape index (κ2) is 2.51. The van der Waals surface area contributed by atoms with Crippen molar-refractivity contribution >= 4 is 0 Å². The molecule has 10 heavy (non-hydrogen) atoms. The molecule has 1 fully saturated rings. The van der Waals surface area contributed by atoms with Gasteiger partial charge >= 0.3 is 0 Å². The normalized spacial score (nSPS) is 22.8. The third-order valence-electron chi connectivity index (χ3n) is 2.22. The highest BCUT2D eigenvalue weighted by Crippen LogP contribution is 2.20. The average Bonchev–Trinajstić information content (AvgIpc) is 2.47. The van der Waals surface area contributed by atoms with Crippen LogP contribution in [0.25, 0.3) is 0 Å². The van der Waals surface area contributed by atoms with Crippen molar-refractivity contribution in [1.82, 2.24) is 5.32 Å². The van der Waals surface area contributed by atoms with E-state index < -0.39 is 0 Å². The molecule has 0 aromatic rings. The zero-order chi connectivity index (χ0) is 7.78. The molecule has 0 aliphatic heterocycles. The molecule has 0 heterocycles. The summed E-state index contributed by atoms with van der Waals surface area (Å²) in [5.41, 5.74) is 0. The van der Waals surface area contributed by atoms with Gasteiger partial charge in [0.1, 0.15) is 6.17 Å². The predicted molar refractivity (Wildman–Crippen MR) is 43.7 cm³/mol. The van der Waals surface area contributed by atoms with Crippen molar-refractivity contribution < 1.29 is 4.48 Å².